The first-order valence-electron chi connectivity index (χ1n) is 6.00. The monoisotopic (exact) mass is 248 g/mol. The SMILES string of the molecule is Oc1cccc2ccc(C=Cc3cccnc3)nc12. The van der Waals surface area contributed by atoms with Gasteiger partial charge < -0.3 is 5.11 Å². The van der Waals surface area contributed by atoms with Crippen molar-refractivity contribution >= 4 is 23.1 Å². The van der Waals surface area contributed by atoms with Crippen molar-refractivity contribution in [3.63, 3.8) is 0 Å². The second kappa shape index (κ2) is 4.90. The van der Waals surface area contributed by atoms with E-state index in [1.807, 2.05) is 48.6 Å². The summed E-state index contributed by atoms with van der Waals surface area (Å²) >= 11 is 0. The lowest BCUT2D eigenvalue weighted by Gasteiger charge is -2.01. The lowest BCUT2D eigenvalue weighted by Crippen LogP contribution is -1.83. The summed E-state index contributed by atoms with van der Waals surface area (Å²) in [7, 11) is 0. The molecule has 2 aromatic heterocycles. The molecule has 3 aromatic rings. The zero-order chi connectivity index (χ0) is 13.1. The molecule has 1 aromatic carbocycles. The fourth-order valence-corrected chi connectivity index (χ4v) is 1.90. The molecule has 0 amide bonds. The molecule has 0 fully saturated rings. The fraction of sp³-hybridized carbons (Fsp3) is 0. The maximum Gasteiger partial charge on any atom is 0.141 e. The van der Waals surface area contributed by atoms with Crippen LogP contribution in [-0.4, -0.2) is 15.1 Å². The Kier molecular flexibility index (Phi) is 2.94. The first-order valence-corrected chi connectivity index (χ1v) is 6.00. The number of para-hydroxylation sites is 1. The predicted molar refractivity (Wildman–Crippen MR) is 76.6 cm³/mol. The third-order valence-electron chi connectivity index (χ3n) is 2.85. The number of aromatic nitrogens is 2. The second-order valence-electron chi connectivity index (χ2n) is 4.20. The highest BCUT2D eigenvalue weighted by atomic mass is 16.3. The lowest BCUT2D eigenvalue weighted by atomic mass is 10.1. The van der Waals surface area contributed by atoms with Gasteiger partial charge in [0.1, 0.15) is 11.3 Å². The maximum atomic E-state index is 9.78. The zero-order valence-corrected chi connectivity index (χ0v) is 10.2. The molecule has 19 heavy (non-hydrogen) atoms. The van der Waals surface area contributed by atoms with Crippen molar-refractivity contribution in [3.05, 3.63) is 66.1 Å². The average molecular weight is 248 g/mol. The molecule has 0 saturated carbocycles. The van der Waals surface area contributed by atoms with Gasteiger partial charge in [0, 0.05) is 17.8 Å². The molecule has 3 heteroatoms. The van der Waals surface area contributed by atoms with Gasteiger partial charge in [-0.1, -0.05) is 30.3 Å². The van der Waals surface area contributed by atoms with Crippen LogP contribution in [-0.2, 0) is 0 Å². The van der Waals surface area contributed by atoms with Crippen LogP contribution in [0.5, 0.6) is 5.75 Å². The lowest BCUT2D eigenvalue weighted by molar-refractivity contribution is 0.480. The van der Waals surface area contributed by atoms with Crippen LogP contribution in [0.4, 0.5) is 0 Å². The predicted octanol–water partition coefficient (Wildman–Crippen LogP) is 3.51. The molecule has 0 saturated heterocycles. The van der Waals surface area contributed by atoms with E-state index < -0.39 is 0 Å². The third-order valence-corrected chi connectivity index (χ3v) is 2.85. The number of phenols is 1. The Morgan fingerprint density at radius 1 is 0.947 bits per heavy atom. The average Bonchev–Trinajstić information content (AvgIpc) is 2.47. The van der Waals surface area contributed by atoms with Crippen LogP contribution in [0.2, 0.25) is 0 Å². The summed E-state index contributed by atoms with van der Waals surface area (Å²) in [6.07, 6.45) is 7.38. The third kappa shape index (κ3) is 2.45. The topological polar surface area (TPSA) is 46.0 Å². The summed E-state index contributed by atoms with van der Waals surface area (Å²) in [6, 6.07) is 13.1. The van der Waals surface area contributed by atoms with E-state index >= 15 is 0 Å². The highest BCUT2D eigenvalue weighted by Crippen LogP contribution is 2.22. The number of pyridine rings is 2. The molecule has 92 valence electrons. The van der Waals surface area contributed by atoms with Crippen molar-refractivity contribution in [1.82, 2.24) is 9.97 Å². The Bertz CT molecular complexity index is 736. The van der Waals surface area contributed by atoms with Crippen LogP contribution < -0.4 is 0 Å². The van der Waals surface area contributed by atoms with Gasteiger partial charge in [0.2, 0.25) is 0 Å². The molecule has 0 atom stereocenters. The standard InChI is InChI=1S/C16H12N2O/c19-15-5-1-4-13-7-9-14(18-16(13)15)8-6-12-3-2-10-17-11-12/h1-11,19H. The number of aromatic hydroxyl groups is 1. The Balaban J connectivity index is 1.98. The van der Waals surface area contributed by atoms with Gasteiger partial charge >= 0.3 is 0 Å². The molecule has 0 bridgehead atoms. The Morgan fingerprint density at radius 3 is 2.74 bits per heavy atom. The van der Waals surface area contributed by atoms with Gasteiger partial charge in [-0.3, -0.25) is 4.98 Å². The van der Waals surface area contributed by atoms with Crippen molar-refractivity contribution in [2.24, 2.45) is 0 Å². The highest BCUT2D eigenvalue weighted by Gasteiger charge is 2.00. The van der Waals surface area contributed by atoms with E-state index in [9.17, 15) is 5.11 Å². The molecular weight excluding hydrogens is 236 g/mol. The largest absolute Gasteiger partial charge is 0.506 e. The van der Waals surface area contributed by atoms with Crippen LogP contribution in [0.3, 0.4) is 0 Å². The maximum absolute atomic E-state index is 9.78. The van der Waals surface area contributed by atoms with E-state index in [4.69, 9.17) is 0 Å². The molecule has 3 rings (SSSR count). The van der Waals surface area contributed by atoms with E-state index in [-0.39, 0.29) is 5.75 Å². The quantitative estimate of drug-likeness (QED) is 0.755. The molecule has 0 unspecified atom stereocenters. The Morgan fingerprint density at radius 2 is 1.89 bits per heavy atom. The van der Waals surface area contributed by atoms with Crippen LogP contribution in [0.25, 0.3) is 23.1 Å². The second-order valence-corrected chi connectivity index (χ2v) is 4.20. The Labute approximate surface area is 110 Å². The number of hydrogen-bond donors (Lipinski definition) is 1. The molecular formula is C16H12N2O. The van der Waals surface area contributed by atoms with Gasteiger partial charge in [-0.2, -0.15) is 0 Å². The van der Waals surface area contributed by atoms with Gasteiger partial charge in [0.15, 0.2) is 0 Å². The number of benzene rings is 1. The van der Waals surface area contributed by atoms with Crippen molar-refractivity contribution in [2.45, 2.75) is 0 Å². The van der Waals surface area contributed by atoms with Gasteiger partial charge in [0.25, 0.3) is 0 Å². The summed E-state index contributed by atoms with van der Waals surface area (Å²) < 4.78 is 0. The summed E-state index contributed by atoms with van der Waals surface area (Å²) in [5.74, 6) is 0.203. The molecule has 0 aliphatic rings. The number of rotatable bonds is 2. The first-order chi connectivity index (χ1) is 9.33. The van der Waals surface area contributed by atoms with Crippen LogP contribution in [0.15, 0.2) is 54.9 Å². The number of hydrogen-bond acceptors (Lipinski definition) is 3. The van der Waals surface area contributed by atoms with Gasteiger partial charge in [-0.05, 0) is 29.8 Å². The minimum absolute atomic E-state index is 0.203. The van der Waals surface area contributed by atoms with Gasteiger partial charge in [0.05, 0.1) is 5.69 Å². The van der Waals surface area contributed by atoms with Crippen LogP contribution in [0.1, 0.15) is 11.3 Å². The van der Waals surface area contributed by atoms with E-state index in [1.54, 1.807) is 18.5 Å². The van der Waals surface area contributed by atoms with Crippen molar-refractivity contribution < 1.29 is 5.11 Å². The van der Waals surface area contributed by atoms with Crippen molar-refractivity contribution in [2.75, 3.05) is 0 Å². The fourth-order valence-electron chi connectivity index (χ4n) is 1.90. The molecule has 2 heterocycles. The van der Waals surface area contributed by atoms with E-state index in [1.165, 1.54) is 0 Å². The van der Waals surface area contributed by atoms with E-state index in [0.717, 1.165) is 16.6 Å². The Hall–Kier alpha value is -2.68. The molecule has 3 nitrogen and oxygen atoms in total. The van der Waals surface area contributed by atoms with E-state index in [0.29, 0.717) is 5.52 Å². The van der Waals surface area contributed by atoms with Crippen LogP contribution >= 0.6 is 0 Å². The summed E-state index contributed by atoms with van der Waals surface area (Å²) in [6.45, 7) is 0. The van der Waals surface area contributed by atoms with Crippen molar-refractivity contribution in [1.29, 1.82) is 0 Å². The minimum atomic E-state index is 0.203. The number of fused-ring (bicyclic) bond motifs is 1. The molecule has 0 radical (unpaired) electrons. The minimum Gasteiger partial charge on any atom is -0.506 e. The van der Waals surface area contributed by atoms with Crippen molar-refractivity contribution in [3.8, 4) is 5.75 Å². The number of nitrogens with zero attached hydrogens (tertiary/aromatic N) is 2. The summed E-state index contributed by atoms with van der Waals surface area (Å²) in [5, 5.41) is 10.7. The first kappa shape index (κ1) is 11.4. The van der Waals surface area contributed by atoms with E-state index in [2.05, 4.69) is 9.97 Å². The molecule has 0 aliphatic carbocycles. The molecule has 0 aliphatic heterocycles. The van der Waals surface area contributed by atoms with Crippen LogP contribution in [0, 0.1) is 0 Å². The van der Waals surface area contributed by atoms with Gasteiger partial charge in [-0.25, -0.2) is 4.98 Å². The molecule has 1 N–H and O–H groups in total. The van der Waals surface area contributed by atoms with Gasteiger partial charge in [-0.15, -0.1) is 0 Å². The normalized spacial score (nSPS) is 11.2. The number of phenolic OH excluding ortho intramolecular Hbond substituents is 1. The molecule has 0 spiro atoms. The highest BCUT2D eigenvalue weighted by molar-refractivity contribution is 5.85. The summed E-state index contributed by atoms with van der Waals surface area (Å²) in [5.41, 5.74) is 2.44. The zero-order valence-electron chi connectivity index (χ0n) is 10.2. The smallest absolute Gasteiger partial charge is 0.141 e. The summed E-state index contributed by atoms with van der Waals surface area (Å²) in [4.78, 5) is 8.48.